The van der Waals surface area contributed by atoms with Gasteiger partial charge in [0.05, 0.1) is 10.7 Å². The summed E-state index contributed by atoms with van der Waals surface area (Å²) in [6, 6.07) is 20.7. The molecule has 0 atom stereocenters. The van der Waals surface area contributed by atoms with Gasteiger partial charge in [-0.1, -0.05) is 45.8 Å². The van der Waals surface area contributed by atoms with Gasteiger partial charge < -0.3 is 10.1 Å². The second-order valence-electron chi connectivity index (χ2n) is 6.99. The number of hydrogen-bond acceptors (Lipinski definition) is 4. The summed E-state index contributed by atoms with van der Waals surface area (Å²) in [7, 11) is 0. The number of carbonyl (C=O) groups is 2. The number of hydrogen-bond donors (Lipinski definition) is 2. The monoisotopic (exact) mass is 557 g/mol. The van der Waals surface area contributed by atoms with Crippen molar-refractivity contribution in [3.63, 3.8) is 0 Å². The predicted molar refractivity (Wildman–Crippen MR) is 133 cm³/mol. The molecule has 3 aromatic carbocycles. The Morgan fingerprint density at radius 3 is 2.38 bits per heavy atom. The molecule has 6 nitrogen and oxygen atoms in total. The quantitative estimate of drug-likeness (QED) is 0.215. The van der Waals surface area contributed by atoms with Crippen molar-refractivity contribution in [3.8, 4) is 5.75 Å². The molecule has 0 heterocycles. The van der Waals surface area contributed by atoms with E-state index in [1.165, 1.54) is 6.21 Å². The number of rotatable bonds is 8. The van der Waals surface area contributed by atoms with Gasteiger partial charge in [0.2, 0.25) is 11.8 Å². The molecule has 2 N–H and O–H groups in total. The topological polar surface area (TPSA) is 79.8 Å². The highest BCUT2D eigenvalue weighted by Crippen LogP contribution is 2.26. The minimum absolute atomic E-state index is 0.322. The molecule has 164 valence electrons. The number of hydrazone groups is 1. The van der Waals surface area contributed by atoms with E-state index in [9.17, 15) is 9.59 Å². The van der Waals surface area contributed by atoms with E-state index in [4.69, 9.17) is 4.74 Å². The van der Waals surface area contributed by atoms with E-state index in [1.807, 2.05) is 61.5 Å². The van der Waals surface area contributed by atoms with Crippen molar-refractivity contribution >= 4 is 55.6 Å². The summed E-state index contributed by atoms with van der Waals surface area (Å²) >= 11 is 6.90. The first kappa shape index (κ1) is 23.7. The summed E-state index contributed by atoms with van der Waals surface area (Å²) in [5, 5.41) is 6.59. The number of aryl methyl sites for hydroxylation is 1. The predicted octanol–water partition coefficient (Wildman–Crippen LogP) is 5.58. The zero-order valence-electron chi connectivity index (χ0n) is 17.3. The minimum atomic E-state index is -0.501. The lowest BCUT2D eigenvalue weighted by Crippen LogP contribution is -2.24. The summed E-state index contributed by atoms with van der Waals surface area (Å²) < 4.78 is 7.62. The second kappa shape index (κ2) is 11.6. The number of nitrogens with one attached hydrogen (secondary N) is 2. The van der Waals surface area contributed by atoms with Crippen LogP contribution in [0.5, 0.6) is 5.75 Å². The highest BCUT2D eigenvalue weighted by Gasteiger charge is 2.09. The van der Waals surface area contributed by atoms with Crippen LogP contribution in [0.4, 0.5) is 5.69 Å². The average molecular weight is 559 g/mol. The molecule has 0 aliphatic carbocycles. The largest absolute Gasteiger partial charge is 0.488 e. The van der Waals surface area contributed by atoms with Gasteiger partial charge in [-0.05, 0) is 76.4 Å². The lowest BCUT2D eigenvalue weighted by Gasteiger charge is -2.09. The normalized spacial score (nSPS) is 10.7. The van der Waals surface area contributed by atoms with Crippen LogP contribution >= 0.6 is 31.9 Å². The maximum absolute atomic E-state index is 12.0. The minimum Gasteiger partial charge on any atom is -0.488 e. The average Bonchev–Trinajstić information content (AvgIpc) is 2.76. The van der Waals surface area contributed by atoms with Crippen molar-refractivity contribution in [1.29, 1.82) is 0 Å². The first-order valence-electron chi connectivity index (χ1n) is 9.74. The van der Waals surface area contributed by atoms with Crippen LogP contribution in [-0.2, 0) is 16.2 Å². The summed E-state index contributed by atoms with van der Waals surface area (Å²) in [6.07, 6.45) is 1.18. The molecule has 0 unspecified atom stereocenters. The summed E-state index contributed by atoms with van der Waals surface area (Å²) in [5.41, 5.74) is 5.91. The molecule has 0 spiro atoms. The van der Waals surface area contributed by atoms with Crippen molar-refractivity contribution in [2.45, 2.75) is 20.0 Å². The number of benzene rings is 3. The maximum atomic E-state index is 12.0. The molecule has 0 aliphatic heterocycles. The Morgan fingerprint density at radius 2 is 1.69 bits per heavy atom. The van der Waals surface area contributed by atoms with Crippen LogP contribution in [0.2, 0.25) is 0 Å². The molecule has 0 saturated heterocycles. The van der Waals surface area contributed by atoms with Crippen LogP contribution in [0.15, 0.2) is 80.8 Å². The van der Waals surface area contributed by atoms with Crippen LogP contribution in [0.25, 0.3) is 0 Å². The highest BCUT2D eigenvalue weighted by atomic mass is 79.9. The zero-order chi connectivity index (χ0) is 22.9. The van der Waals surface area contributed by atoms with E-state index < -0.39 is 11.8 Å². The third kappa shape index (κ3) is 7.62. The number of anilines is 1. The number of nitrogens with zero attached hydrogens (tertiary/aromatic N) is 1. The third-order valence-corrected chi connectivity index (χ3v) is 5.47. The number of ether oxygens (including phenoxy) is 1. The van der Waals surface area contributed by atoms with E-state index in [0.29, 0.717) is 18.0 Å². The van der Waals surface area contributed by atoms with Gasteiger partial charge in [0.15, 0.2) is 0 Å². The highest BCUT2D eigenvalue weighted by molar-refractivity contribution is 9.10. The van der Waals surface area contributed by atoms with Crippen molar-refractivity contribution in [2.75, 3.05) is 5.32 Å². The fraction of sp³-hybridized carbons (Fsp3) is 0.125. The van der Waals surface area contributed by atoms with Gasteiger partial charge in [-0.3, -0.25) is 9.59 Å². The molecule has 0 radical (unpaired) electrons. The van der Waals surface area contributed by atoms with Gasteiger partial charge >= 0.3 is 0 Å². The lowest BCUT2D eigenvalue weighted by atomic mass is 10.2. The van der Waals surface area contributed by atoms with Crippen molar-refractivity contribution in [1.82, 2.24) is 5.43 Å². The van der Waals surface area contributed by atoms with Crippen LogP contribution in [-0.4, -0.2) is 18.0 Å². The van der Waals surface area contributed by atoms with Crippen LogP contribution < -0.4 is 15.5 Å². The van der Waals surface area contributed by atoms with E-state index >= 15 is 0 Å². The van der Waals surface area contributed by atoms with Gasteiger partial charge in [-0.25, -0.2) is 5.43 Å². The molecule has 0 fully saturated rings. The van der Waals surface area contributed by atoms with Crippen molar-refractivity contribution < 1.29 is 14.3 Å². The Balaban J connectivity index is 1.46. The fourth-order valence-electron chi connectivity index (χ4n) is 2.66. The Labute approximate surface area is 203 Å². The molecule has 0 bridgehead atoms. The Kier molecular flexibility index (Phi) is 8.58. The number of halogens is 2. The maximum Gasteiger partial charge on any atom is 0.249 e. The summed E-state index contributed by atoms with van der Waals surface area (Å²) in [4.78, 5) is 23.9. The SMILES string of the molecule is Cc1ccc(NC(=O)CC(=O)NN=Cc2ccc(OCc3ccc(Br)cc3)c(Br)c2)cc1. The smallest absolute Gasteiger partial charge is 0.249 e. The molecule has 3 aromatic rings. The van der Waals surface area contributed by atoms with Gasteiger partial charge in [0.25, 0.3) is 0 Å². The standard InChI is InChI=1S/C24H21Br2N3O3/c1-16-2-9-20(10-3-16)28-23(30)13-24(31)29-27-14-18-6-11-22(21(26)12-18)32-15-17-4-7-19(25)8-5-17/h2-12,14H,13,15H2,1H3,(H,28,30)(H,29,31). The number of amides is 2. The molecular formula is C24H21Br2N3O3. The summed E-state index contributed by atoms with van der Waals surface area (Å²) in [5.74, 6) is -0.210. The zero-order valence-corrected chi connectivity index (χ0v) is 20.4. The molecule has 8 heteroatoms. The fourth-order valence-corrected chi connectivity index (χ4v) is 3.44. The van der Waals surface area contributed by atoms with Crippen LogP contribution in [0.1, 0.15) is 23.1 Å². The van der Waals surface area contributed by atoms with Crippen LogP contribution in [0.3, 0.4) is 0 Å². The molecular weight excluding hydrogens is 538 g/mol. The van der Waals surface area contributed by atoms with Crippen molar-refractivity contribution in [2.24, 2.45) is 5.10 Å². The number of carbonyl (C=O) groups excluding carboxylic acids is 2. The van der Waals surface area contributed by atoms with E-state index in [-0.39, 0.29) is 6.42 Å². The van der Waals surface area contributed by atoms with Crippen molar-refractivity contribution in [3.05, 3.63) is 92.4 Å². The molecule has 32 heavy (non-hydrogen) atoms. The summed E-state index contributed by atoms with van der Waals surface area (Å²) in [6.45, 7) is 2.40. The second-order valence-corrected chi connectivity index (χ2v) is 8.76. The Morgan fingerprint density at radius 1 is 0.969 bits per heavy atom. The molecule has 2 amide bonds. The van der Waals surface area contributed by atoms with Gasteiger partial charge in [-0.15, -0.1) is 0 Å². The molecule has 0 aromatic heterocycles. The molecule has 3 rings (SSSR count). The lowest BCUT2D eigenvalue weighted by molar-refractivity contribution is -0.126. The molecule has 0 aliphatic rings. The molecule has 0 saturated carbocycles. The van der Waals surface area contributed by atoms with E-state index in [0.717, 1.165) is 25.6 Å². The first-order chi connectivity index (χ1) is 15.4. The third-order valence-electron chi connectivity index (χ3n) is 4.32. The van der Waals surface area contributed by atoms with E-state index in [2.05, 4.69) is 47.7 Å². The Hall–Kier alpha value is -2.97. The van der Waals surface area contributed by atoms with E-state index in [1.54, 1.807) is 12.1 Å². The van der Waals surface area contributed by atoms with Gasteiger partial charge in [0.1, 0.15) is 18.8 Å². The first-order valence-corrected chi connectivity index (χ1v) is 11.3. The van der Waals surface area contributed by atoms with Crippen LogP contribution in [0, 0.1) is 6.92 Å². The van der Waals surface area contributed by atoms with Gasteiger partial charge in [0, 0.05) is 10.2 Å². The van der Waals surface area contributed by atoms with Gasteiger partial charge in [-0.2, -0.15) is 5.10 Å². The Bertz CT molecular complexity index is 1110.